The Balaban J connectivity index is 4.59. The fourth-order valence-corrected chi connectivity index (χ4v) is 7.64. The summed E-state index contributed by atoms with van der Waals surface area (Å²) in [6.07, 6.45) is 62.8. The van der Waals surface area contributed by atoms with Crippen LogP contribution in [0, 0.1) is 0 Å². The summed E-state index contributed by atoms with van der Waals surface area (Å²) >= 11 is 0. The van der Waals surface area contributed by atoms with Crippen LogP contribution >= 0.6 is 0 Å². The molecular weight excluding hydrogens is 767 g/mol. The highest BCUT2D eigenvalue weighted by atomic mass is 16.5. The topological polar surface area (TPSA) is 95.9 Å². The lowest BCUT2D eigenvalue weighted by Crippen LogP contribution is -2.46. The lowest BCUT2D eigenvalue weighted by Gasteiger charge is -2.23. The number of esters is 1. The molecule has 0 rings (SSSR count). The number of hydrogen-bond donors (Lipinski definition) is 3. The molecule has 0 heterocycles. The second-order valence-corrected chi connectivity index (χ2v) is 17.6. The zero-order valence-corrected chi connectivity index (χ0v) is 40.7. The largest absolute Gasteiger partial charge is 0.458 e. The Morgan fingerprint density at radius 1 is 0.516 bits per heavy atom. The molecule has 0 saturated carbocycles. The Morgan fingerprint density at radius 2 is 0.968 bits per heavy atom. The maximum Gasteiger partial charge on any atom is 0.306 e. The molecule has 0 spiro atoms. The van der Waals surface area contributed by atoms with E-state index in [-0.39, 0.29) is 24.9 Å². The molecule has 1 amide bonds. The molecule has 0 bridgehead atoms. The molecule has 62 heavy (non-hydrogen) atoms. The summed E-state index contributed by atoms with van der Waals surface area (Å²) in [6.45, 7) is 6.31. The van der Waals surface area contributed by atoms with E-state index in [0.717, 1.165) is 70.6 Å². The standard InChI is InChI=1S/C56H99NO5/c1-4-7-10-13-16-19-22-24-26-27-29-30-33-36-39-42-45-48-54(59)53(51-58)57-55(60)50-52(47-44-41-38-35-32-21-18-15-12-9-6-3)62-56(61)49-46-43-40-37-34-31-28-25-23-20-17-14-11-8-5-2/h8,11,14,17,20,23,25,28,35,38,44,47,52-54,58-59H,4-7,9-10,12-13,15-16,18-19,21-22,24,26-27,29-34,36-37,39-43,45-46,48-51H2,1-3H3,(H,57,60)/b11-8+,17-14+,23-20+,28-25-,38-35-,47-44+. The molecule has 0 aromatic carbocycles. The van der Waals surface area contributed by atoms with Gasteiger partial charge >= 0.3 is 5.97 Å². The first kappa shape index (κ1) is 59.3. The smallest absolute Gasteiger partial charge is 0.306 e. The van der Waals surface area contributed by atoms with E-state index in [0.29, 0.717) is 19.3 Å². The molecule has 6 nitrogen and oxygen atoms in total. The van der Waals surface area contributed by atoms with E-state index in [4.69, 9.17) is 4.74 Å². The van der Waals surface area contributed by atoms with Gasteiger partial charge in [-0.25, -0.2) is 0 Å². The first-order chi connectivity index (χ1) is 30.5. The van der Waals surface area contributed by atoms with Crippen LogP contribution in [0.1, 0.15) is 245 Å². The van der Waals surface area contributed by atoms with Crippen molar-refractivity contribution in [2.45, 2.75) is 264 Å². The van der Waals surface area contributed by atoms with E-state index < -0.39 is 18.2 Å². The van der Waals surface area contributed by atoms with E-state index in [9.17, 15) is 19.8 Å². The average molecular weight is 866 g/mol. The van der Waals surface area contributed by atoms with Gasteiger partial charge in [0.15, 0.2) is 0 Å². The SMILES string of the molecule is CC/C=C/C=C/C=C/C=C\CCCCCCCC(=O)OC(/C=C/C/C=C\CCCCCCCC)CC(=O)NC(CO)C(O)CCCCCCCCCCCCCCCCCCC. The molecule has 0 fully saturated rings. The molecular formula is C56H99NO5. The van der Waals surface area contributed by atoms with Crippen molar-refractivity contribution in [2.75, 3.05) is 6.61 Å². The lowest BCUT2D eigenvalue weighted by atomic mass is 10.0. The molecule has 6 heteroatoms. The quantitative estimate of drug-likeness (QED) is 0.0245. The van der Waals surface area contributed by atoms with Gasteiger partial charge in [-0.15, -0.1) is 0 Å². The zero-order valence-electron chi connectivity index (χ0n) is 40.7. The summed E-state index contributed by atoms with van der Waals surface area (Å²) in [6, 6.07) is -0.740. The van der Waals surface area contributed by atoms with Crippen molar-refractivity contribution < 1.29 is 24.5 Å². The van der Waals surface area contributed by atoms with E-state index >= 15 is 0 Å². The predicted octanol–water partition coefficient (Wildman–Crippen LogP) is 15.8. The highest BCUT2D eigenvalue weighted by Gasteiger charge is 2.23. The van der Waals surface area contributed by atoms with Gasteiger partial charge in [0.2, 0.25) is 5.91 Å². The fraction of sp³-hybridized carbons (Fsp3) is 0.750. The summed E-state index contributed by atoms with van der Waals surface area (Å²) < 4.78 is 5.81. The first-order valence-corrected chi connectivity index (χ1v) is 26.2. The molecule has 0 aliphatic carbocycles. The van der Waals surface area contributed by atoms with Crippen molar-refractivity contribution in [1.29, 1.82) is 0 Å². The van der Waals surface area contributed by atoms with Gasteiger partial charge in [0.05, 0.1) is 25.2 Å². The number of aliphatic hydroxyl groups excluding tert-OH is 2. The van der Waals surface area contributed by atoms with Crippen LogP contribution in [-0.2, 0) is 14.3 Å². The Hall–Kier alpha value is -2.70. The van der Waals surface area contributed by atoms with Gasteiger partial charge in [0.1, 0.15) is 6.10 Å². The second kappa shape index (κ2) is 49.3. The van der Waals surface area contributed by atoms with Crippen LogP contribution in [0.3, 0.4) is 0 Å². The van der Waals surface area contributed by atoms with E-state index in [2.05, 4.69) is 68.6 Å². The van der Waals surface area contributed by atoms with Gasteiger partial charge in [0, 0.05) is 6.42 Å². The molecule has 0 aromatic rings. The molecule has 0 aromatic heterocycles. The summed E-state index contributed by atoms with van der Waals surface area (Å²) in [4.78, 5) is 26.1. The monoisotopic (exact) mass is 866 g/mol. The number of nitrogens with one attached hydrogen (secondary N) is 1. The molecule has 3 atom stereocenters. The number of allylic oxidation sites excluding steroid dienone is 11. The van der Waals surface area contributed by atoms with Gasteiger partial charge in [-0.2, -0.15) is 0 Å². The van der Waals surface area contributed by atoms with E-state index in [1.165, 1.54) is 128 Å². The highest BCUT2D eigenvalue weighted by Crippen LogP contribution is 2.16. The van der Waals surface area contributed by atoms with Crippen LogP contribution in [0.4, 0.5) is 0 Å². The van der Waals surface area contributed by atoms with Crippen molar-refractivity contribution in [3.63, 3.8) is 0 Å². The summed E-state index contributed by atoms with van der Waals surface area (Å²) in [5.74, 6) is -0.630. The van der Waals surface area contributed by atoms with Gasteiger partial charge in [0.25, 0.3) is 0 Å². The Kier molecular flexibility index (Phi) is 47.2. The third-order valence-corrected chi connectivity index (χ3v) is 11.6. The first-order valence-electron chi connectivity index (χ1n) is 26.2. The van der Waals surface area contributed by atoms with Crippen molar-refractivity contribution in [3.05, 3.63) is 72.9 Å². The maximum absolute atomic E-state index is 13.2. The van der Waals surface area contributed by atoms with Crippen molar-refractivity contribution >= 4 is 11.9 Å². The van der Waals surface area contributed by atoms with E-state index in [1.54, 1.807) is 0 Å². The summed E-state index contributed by atoms with van der Waals surface area (Å²) in [7, 11) is 0. The van der Waals surface area contributed by atoms with Crippen molar-refractivity contribution in [1.82, 2.24) is 5.32 Å². The Bertz CT molecular complexity index is 1150. The predicted molar refractivity (Wildman–Crippen MR) is 268 cm³/mol. The minimum Gasteiger partial charge on any atom is -0.458 e. The number of rotatable bonds is 46. The van der Waals surface area contributed by atoms with Gasteiger partial charge < -0.3 is 20.3 Å². The molecule has 0 radical (unpaired) electrons. The average Bonchev–Trinajstić information content (AvgIpc) is 3.26. The zero-order chi connectivity index (χ0) is 45.2. The molecule has 0 aliphatic heterocycles. The van der Waals surface area contributed by atoms with E-state index in [1.807, 2.05) is 30.4 Å². The molecule has 0 saturated heterocycles. The number of amides is 1. The maximum atomic E-state index is 13.2. The Labute approximate surface area is 383 Å². The van der Waals surface area contributed by atoms with Gasteiger partial charge in [-0.05, 0) is 57.4 Å². The minimum atomic E-state index is -0.818. The van der Waals surface area contributed by atoms with Crippen LogP contribution in [0.5, 0.6) is 0 Å². The number of carbonyl (C=O) groups excluding carboxylic acids is 2. The second-order valence-electron chi connectivity index (χ2n) is 17.6. The number of carbonyl (C=O) groups is 2. The Morgan fingerprint density at radius 3 is 1.48 bits per heavy atom. The third kappa shape index (κ3) is 43.9. The number of ether oxygens (including phenoxy) is 1. The van der Waals surface area contributed by atoms with Crippen LogP contribution in [0.15, 0.2) is 72.9 Å². The highest BCUT2D eigenvalue weighted by molar-refractivity contribution is 5.78. The summed E-state index contributed by atoms with van der Waals surface area (Å²) in [5, 5.41) is 23.7. The molecule has 3 unspecified atom stereocenters. The number of hydrogen-bond acceptors (Lipinski definition) is 5. The molecule has 3 N–H and O–H groups in total. The number of unbranched alkanes of at least 4 members (excludes halogenated alkanes) is 27. The molecule has 0 aliphatic rings. The lowest BCUT2D eigenvalue weighted by molar-refractivity contribution is -0.148. The summed E-state index contributed by atoms with van der Waals surface area (Å²) in [5.41, 5.74) is 0. The van der Waals surface area contributed by atoms with Crippen LogP contribution < -0.4 is 5.32 Å². The van der Waals surface area contributed by atoms with Crippen LogP contribution in [-0.4, -0.2) is 46.9 Å². The molecule has 358 valence electrons. The normalized spacial score (nSPS) is 13.8. The van der Waals surface area contributed by atoms with Crippen LogP contribution in [0.25, 0.3) is 0 Å². The van der Waals surface area contributed by atoms with Crippen molar-refractivity contribution in [3.8, 4) is 0 Å². The fourth-order valence-electron chi connectivity index (χ4n) is 7.64. The van der Waals surface area contributed by atoms with Gasteiger partial charge in [-0.1, -0.05) is 248 Å². The number of aliphatic hydroxyl groups is 2. The van der Waals surface area contributed by atoms with Crippen molar-refractivity contribution in [2.24, 2.45) is 0 Å². The van der Waals surface area contributed by atoms with Crippen LogP contribution in [0.2, 0.25) is 0 Å². The third-order valence-electron chi connectivity index (χ3n) is 11.6. The minimum absolute atomic E-state index is 0.0407. The van der Waals surface area contributed by atoms with Gasteiger partial charge in [-0.3, -0.25) is 9.59 Å².